The highest BCUT2D eigenvalue weighted by Gasteiger charge is 2.36. The molecule has 0 aliphatic heterocycles. The Morgan fingerprint density at radius 2 is 1.19 bits per heavy atom. The van der Waals surface area contributed by atoms with E-state index in [-0.39, 0.29) is 5.41 Å². The third kappa shape index (κ3) is 4.10. The molecule has 268 valence electrons. The monoisotopic (exact) mass is 731 g/mol. The van der Waals surface area contributed by atoms with Crippen LogP contribution in [-0.4, -0.2) is 9.38 Å². The zero-order valence-corrected chi connectivity index (χ0v) is 31.2. The molecule has 0 radical (unpaired) electrons. The molecule has 57 heavy (non-hydrogen) atoms. The number of oxazole rings is 1. The molecule has 4 heterocycles. The van der Waals surface area contributed by atoms with Gasteiger partial charge in [-0.2, -0.15) is 0 Å². The van der Waals surface area contributed by atoms with E-state index < -0.39 is 0 Å². The van der Waals surface area contributed by atoms with Crippen LogP contribution in [0.1, 0.15) is 25.0 Å². The highest BCUT2D eigenvalue weighted by molar-refractivity contribution is 6.30. The smallest absolute Gasteiger partial charge is 0.227 e. The minimum absolute atomic E-state index is 0.150. The largest absolute Gasteiger partial charge is 0.456 e. The van der Waals surface area contributed by atoms with Gasteiger partial charge in [0, 0.05) is 61.0 Å². The van der Waals surface area contributed by atoms with Gasteiger partial charge in [-0.05, 0) is 95.1 Å². The van der Waals surface area contributed by atoms with E-state index in [1.807, 2.05) is 30.3 Å². The zero-order chi connectivity index (χ0) is 37.6. The SMILES string of the molecule is CC1(C)c2ccccc2-c2ccc(N(c3ccc4c(c3)oc3ccccc34)c3ccc4c(c3)c3c5oc(-c6ccccc6)nc5cc5c6ccccc6n4c53)cc21. The van der Waals surface area contributed by atoms with Crippen molar-refractivity contribution in [3.63, 3.8) is 0 Å². The molecule has 0 saturated carbocycles. The van der Waals surface area contributed by atoms with Gasteiger partial charge in [-0.1, -0.05) is 98.8 Å². The van der Waals surface area contributed by atoms with Crippen molar-refractivity contribution in [3.8, 4) is 22.6 Å². The number of nitrogens with zero attached hydrogens (tertiary/aromatic N) is 3. The van der Waals surface area contributed by atoms with Gasteiger partial charge in [0.15, 0.2) is 5.58 Å². The summed E-state index contributed by atoms with van der Waals surface area (Å²) in [4.78, 5) is 7.47. The van der Waals surface area contributed by atoms with Crippen LogP contribution in [0.5, 0.6) is 0 Å². The average Bonchev–Trinajstić information content (AvgIpc) is 4.05. The Kier molecular flexibility index (Phi) is 5.91. The highest BCUT2D eigenvalue weighted by atomic mass is 16.3. The average molecular weight is 732 g/mol. The van der Waals surface area contributed by atoms with Crippen LogP contribution in [-0.2, 0) is 5.41 Å². The van der Waals surface area contributed by atoms with Crippen LogP contribution in [0, 0.1) is 0 Å². The lowest BCUT2D eigenvalue weighted by molar-refractivity contribution is 0.623. The van der Waals surface area contributed by atoms with Crippen LogP contribution in [0.15, 0.2) is 173 Å². The molecule has 0 atom stereocenters. The quantitative estimate of drug-likeness (QED) is 0.181. The molecule has 0 amide bonds. The highest BCUT2D eigenvalue weighted by Crippen LogP contribution is 2.52. The van der Waals surface area contributed by atoms with Crippen molar-refractivity contribution in [2.24, 2.45) is 0 Å². The molecule has 1 aliphatic carbocycles. The summed E-state index contributed by atoms with van der Waals surface area (Å²) in [5, 5.41) is 6.79. The Labute approximate surface area is 327 Å². The van der Waals surface area contributed by atoms with Gasteiger partial charge in [0.25, 0.3) is 0 Å². The van der Waals surface area contributed by atoms with E-state index in [9.17, 15) is 0 Å². The Balaban J connectivity index is 1.10. The molecule has 12 aromatic rings. The van der Waals surface area contributed by atoms with Crippen molar-refractivity contribution >= 4 is 88.2 Å². The number of anilines is 3. The fourth-order valence-electron chi connectivity index (χ4n) is 9.91. The summed E-state index contributed by atoms with van der Waals surface area (Å²) in [5.41, 5.74) is 16.1. The van der Waals surface area contributed by atoms with Crippen molar-refractivity contribution < 1.29 is 8.83 Å². The van der Waals surface area contributed by atoms with Crippen LogP contribution >= 0.6 is 0 Å². The maximum Gasteiger partial charge on any atom is 0.227 e. The van der Waals surface area contributed by atoms with Crippen molar-refractivity contribution in [3.05, 3.63) is 175 Å². The summed E-state index contributed by atoms with van der Waals surface area (Å²) >= 11 is 0. The fourth-order valence-corrected chi connectivity index (χ4v) is 9.91. The van der Waals surface area contributed by atoms with Crippen molar-refractivity contribution in [2.75, 3.05) is 4.90 Å². The van der Waals surface area contributed by atoms with Crippen molar-refractivity contribution in [1.82, 2.24) is 9.38 Å². The molecule has 1 aliphatic rings. The summed E-state index contributed by atoms with van der Waals surface area (Å²) < 4.78 is 15.7. The molecule has 0 spiro atoms. The second-order valence-electron chi connectivity index (χ2n) is 15.9. The number of fused-ring (bicyclic) bond motifs is 14. The molecule has 5 heteroatoms. The summed E-state index contributed by atoms with van der Waals surface area (Å²) in [7, 11) is 0. The Morgan fingerprint density at radius 3 is 2.11 bits per heavy atom. The fraction of sp³-hybridized carbons (Fsp3) is 0.0577. The Bertz CT molecular complexity index is 3620. The number of hydrogen-bond donors (Lipinski definition) is 0. The minimum Gasteiger partial charge on any atom is -0.456 e. The van der Waals surface area contributed by atoms with Crippen LogP contribution in [0.3, 0.4) is 0 Å². The van der Waals surface area contributed by atoms with E-state index in [0.717, 1.165) is 77.5 Å². The first-order valence-electron chi connectivity index (χ1n) is 19.5. The van der Waals surface area contributed by atoms with E-state index in [1.54, 1.807) is 0 Å². The second kappa shape index (κ2) is 10.9. The molecule has 4 aromatic heterocycles. The van der Waals surface area contributed by atoms with Gasteiger partial charge < -0.3 is 18.1 Å². The first kappa shape index (κ1) is 30.9. The number of aromatic nitrogens is 2. The molecule has 0 bridgehead atoms. The predicted octanol–water partition coefficient (Wildman–Crippen LogP) is 14.3. The van der Waals surface area contributed by atoms with E-state index in [1.165, 1.54) is 38.5 Å². The van der Waals surface area contributed by atoms with E-state index in [4.69, 9.17) is 13.8 Å². The molecule has 0 N–H and O–H groups in total. The summed E-state index contributed by atoms with van der Waals surface area (Å²) in [6, 6.07) is 58.6. The Hall–Kier alpha value is -7.37. The second-order valence-corrected chi connectivity index (χ2v) is 15.9. The number of para-hydroxylation sites is 2. The molecule has 5 nitrogen and oxygen atoms in total. The summed E-state index contributed by atoms with van der Waals surface area (Å²) in [6.07, 6.45) is 0. The lowest BCUT2D eigenvalue weighted by Crippen LogP contribution is -2.16. The zero-order valence-electron chi connectivity index (χ0n) is 31.2. The predicted molar refractivity (Wildman–Crippen MR) is 234 cm³/mol. The number of rotatable bonds is 4. The van der Waals surface area contributed by atoms with Crippen LogP contribution < -0.4 is 4.90 Å². The first-order chi connectivity index (χ1) is 28.0. The molecule has 0 saturated heterocycles. The van der Waals surface area contributed by atoms with E-state index in [0.29, 0.717) is 5.89 Å². The maximum atomic E-state index is 6.77. The van der Waals surface area contributed by atoms with Crippen LogP contribution in [0.4, 0.5) is 17.1 Å². The van der Waals surface area contributed by atoms with Crippen molar-refractivity contribution in [2.45, 2.75) is 19.3 Å². The number of hydrogen-bond acceptors (Lipinski definition) is 4. The van der Waals surface area contributed by atoms with E-state index >= 15 is 0 Å². The van der Waals surface area contributed by atoms with E-state index in [2.05, 4.69) is 157 Å². The molecule has 0 fully saturated rings. The topological polar surface area (TPSA) is 46.8 Å². The van der Waals surface area contributed by atoms with Gasteiger partial charge >= 0.3 is 0 Å². The van der Waals surface area contributed by atoms with Gasteiger partial charge in [0.05, 0.1) is 21.9 Å². The normalized spacial score (nSPS) is 13.6. The third-order valence-electron chi connectivity index (χ3n) is 12.5. The first-order valence-corrected chi connectivity index (χ1v) is 19.5. The Morgan fingerprint density at radius 1 is 0.509 bits per heavy atom. The molecular weight excluding hydrogens is 699 g/mol. The third-order valence-corrected chi connectivity index (χ3v) is 12.5. The maximum absolute atomic E-state index is 6.77. The van der Waals surface area contributed by atoms with Gasteiger partial charge in [-0.3, -0.25) is 0 Å². The standard InChI is InChI=1S/C52H33N3O2/c1-52(2)41-17-9-6-14-34(41)35-23-20-32(27-42(35)52)54(33-21-24-38-37-16-8-11-19-46(37)56-47(38)28-33)31-22-25-45-40(26-31)48-49-39(36-15-7-10-18-44(36)55(45)49)29-43-50(48)57-51(53-43)30-12-4-3-5-13-30/h3-29H,1-2H3. The number of furan rings is 1. The molecule has 8 aromatic carbocycles. The minimum atomic E-state index is -0.150. The summed E-state index contributed by atoms with van der Waals surface area (Å²) in [6.45, 7) is 4.68. The molecular formula is C52H33N3O2. The summed E-state index contributed by atoms with van der Waals surface area (Å²) in [5.74, 6) is 0.623. The lowest BCUT2D eigenvalue weighted by atomic mass is 9.82. The lowest BCUT2D eigenvalue weighted by Gasteiger charge is -2.28. The van der Waals surface area contributed by atoms with Gasteiger partial charge in [0.1, 0.15) is 16.7 Å². The number of benzene rings is 8. The van der Waals surface area contributed by atoms with Crippen LogP contribution in [0.25, 0.3) is 93.7 Å². The molecule has 13 rings (SSSR count). The van der Waals surface area contributed by atoms with Crippen molar-refractivity contribution in [1.29, 1.82) is 0 Å². The van der Waals surface area contributed by atoms with Gasteiger partial charge in [-0.25, -0.2) is 4.98 Å². The van der Waals surface area contributed by atoms with Gasteiger partial charge in [-0.15, -0.1) is 0 Å². The van der Waals surface area contributed by atoms with Crippen LogP contribution in [0.2, 0.25) is 0 Å². The van der Waals surface area contributed by atoms with Gasteiger partial charge in [0.2, 0.25) is 5.89 Å². The molecule has 0 unspecified atom stereocenters.